The molecule has 1 atom stereocenters. The summed E-state index contributed by atoms with van der Waals surface area (Å²) in [6, 6.07) is 0. The van der Waals surface area contributed by atoms with Crippen LogP contribution in [0.3, 0.4) is 0 Å². The van der Waals surface area contributed by atoms with Crippen LogP contribution in [0.15, 0.2) is 0 Å². The zero-order valence-corrected chi connectivity index (χ0v) is 22.4. The molecule has 0 saturated heterocycles. The maximum Gasteiger partial charge on any atom is 1.00 e. The van der Waals surface area contributed by atoms with Crippen LogP contribution in [0.5, 0.6) is 0 Å². The first kappa shape index (κ1) is 35.5. The molecule has 0 radical (unpaired) electrons. The molecule has 17 heteroatoms. The Morgan fingerprint density at radius 1 is 0.800 bits per heavy atom. The number of hydrogen-bond donors (Lipinski definition) is 1. The van der Waals surface area contributed by atoms with Gasteiger partial charge in [-0.3, -0.25) is 9.79 Å². The van der Waals surface area contributed by atoms with Crippen molar-refractivity contribution in [1.29, 1.82) is 0 Å². The van der Waals surface area contributed by atoms with Crippen LogP contribution in [0.2, 0.25) is 0 Å². The van der Waals surface area contributed by atoms with Gasteiger partial charge < -0.3 is 33.6 Å². The van der Waals surface area contributed by atoms with Crippen molar-refractivity contribution >= 4 is 22.8 Å². The molecular formula is C3H9NNa4O9P3+. The number of hydrogen-bond acceptors (Lipinski definition) is 8. The Hall–Kier alpha value is 4.41. The Bertz CT molecular complexity index is 320. The quantitative estimate of drug-likeness (QED) is 0.262. The molecule has 0 fully saturated rings. The monoisotopic (exact) mass is 388 g/mol. The van der Waals surface area contributed by atoms with E-state index in [4.69, 9.17) is 9.79 Å². The molecule has 1 unspecified atom stereocenters. The zero-order chi connectivity index (χ0) is 13.2. The Morgan fingerprint density at radius 2 is 1.05 bits per heavy atom. The van der Waals surface area contributed by atoms with E-state index in [1.165, 1.54) is 0 Å². The van der Waals surface area contributed by atoms with Crippen molar-refractivity contribution in [2.24, 2.45) is 0 Å². The van der Waals surface area contributed by atoms with Gasteiger partial charge >= 0.3 is 126 Å². The second kappa shape index (κ2) is 14.6. The first-order chi connectivity index (χ1) is 6.79. The zero-order valence-electron chi connectivity index (χ0n) is 11.7. The van der Waals surface area contributed by atoms with Gasteiger partial charge in [-0.15, -0.1) is 0 Å². The molecule has 0 heterocycles. The van der Waals surface area contributed by atoms with Gasteiger partial charge in [0.15, 0.2) is 6.29 Å². The van der Waals surface area contributed by atoms with Gasteiger partial charge in [0.1, 0.15) is 0 Å². The average molecular weight is 388 g/mol. The summed E-state index contributed by atoms with van der Waals surface area (Å²) in [6.07, 6.45) is -3.98. The van der Waals surface area contributed by atoms with E-state index in [0.717, 1.165) is 0 Å². The molecule has 0 saturated carbocycles. The van der Waals surface area contributed by atoms with Crippen molar-refractivity contribution in [3.8, 4) is 0 Å². The fraction of sp³-hybridized carbons (Fsp3) is 1.00. The molecule has 0 aliphatic rings. The van der Waals surface area contributed by atoms with E-state index in [0.29, 0.717) is 0 Å². The van der Waals surface area contributed by atoms with Gasteiger partial charge in [0.05, 0.1) is 0 Å². The molecule has 3 N–H and O–H groups in total. The Morgan fingerprint density at radius 3 is 1.20 bits per heavy atom. The molecule has 0 aromatic rings. The second-order valence-corrected chi connectivity index (χ2v) is 7.71. The van der Waals surface area contributed by atoms with Crippen molar-refractivity contribution < 1.29 is 161 Å². The summed E-state index contributed by atoms with van der Waals surface area (Å²) in [7, 11) is -14.9. The molecule has 0 rings (SSSR count). The van der Waals surface area contributed by atoms with Crippen LogP contribution in [-0.4, -0.2) is 33.5 Å². The second-order valence-electron chi connectivity index (χ2n) is 3.02. The summed E-state index contributed by atoms with van der Waals surface area (Å²) in [6.45, 7) is 0. The van der Waals surface area contributed by atoms with Crippen LogP contribution in [0.1, 0.15) is 0 Å². The summed E-state index contributed by atoms with van der Waals surface area (Å²) in [5, 5.41) is 0. The minimum Gasteiger partial charge on any atom is -0.810 e. The van der Waals surface area contributed by atoms with Gasteiger partial charge in [-0.25, -0.2) is 4.57 Å². The number of rotatable bonds is 6. The fourth-order valence-electron chi connectivity index (χ4n) is 0.895. The smallest absolute Gasteiger partial charge is 0.810 e. The molecule has 98 valence electrons. The van der Waals surface area contributed by atoms with Crippen molar-refractivity contribution in [3.05, 3.63) is 0 Å². The minimum atomic E-state index is -5.18. The maximum atomic E-state index is 10.6. The molecule has 0 bridgehead atoms. The van der Waals surface area contributed by atoms with E-state index in [1.807, 2.05) is 0 Å². The third-order valence-electron chi connectivity index (χ3n) is 1.14. The Balaban J connectivity index is -0.000000187. The summed E-state index contributed by atoms with van der Waals surface area (Å²) in [5.41, 5.74) is 0. The predicted molar refractivity (Wildman–Crippen MR) is 45.1 cm³/mol. The van der Waals surface area contributed by atoms with Gasteiger partial charge in [0, 0.05) is 12.6 Å². The minimum absolute atomic E-state index is 0. The fourth-order valence-corrected chi connectivity index (χ4v) is 3.49. The third-order valence-corrected chi connectivity index (χ3v) is 3.41. The van der Waals surface area contributed by atoms with Crippen molar-refractivity contribution in [1.82, 2.24) is 4.90 Å². The Kier molecular flexibility index (Phi) is 25.9. The van der Waals surface area contributed by atoms with E-state index >= 15 is 0 Å². The number of nitrogens with zero attached hydrogens (tertiary/aromatic N) is 1. The predicted octanol–water partition coefficient (Wildman–Crippen LogP) is -16.1. The van der Waals surface area contributed by atoms with Gasteiger partial charge in [0.25, 0.3) is 0 Å². The molecule has 10 nitrogen and oxygen atoms in total. The van der Waals surface area contributed by atoms with Gasteiger partial charge in [0.2, 0.25) is 0 Å². The summed E-state index contributed by atoms with van der Waals surface area (Å²) >= 11 is 0. The van der Waals surface area contributed by atoms with Crippen LogP contribution in [-0.2, 0) is 13.7 Å². The van der Waals surface area contributed by atoms with Crippen molar-refractivity contribution in [3.63, 3.8) is 0 Å². The molecule has 20 heavy (non-hydrogen) atoms. The molecule has 0 amide bonds. The third kappa shape index (κ3) is 27.3. The standard InChI is InChI=1S/C3H12NO9P3.4Na/c5-14(6,7)1-4(2-15(8,9)10)3-16(11,12)13;;;;/h1-3H2,(H2,5,6,7)(H2,8,9,10)(H2,11,12,13);;;;/q;4*+1/p-3. The summed E-state index contributed by atoms with van der Waals surface area (Å²) < 4.78 is 31.2. The Labute approximate surface area is 204 Å². The molecule has 0 aromatic carbocycles. The van der Waals surface area contributed by atoms with E-state index in [9.17, 15) is 33.3 Å². The summed E-state index contributed by atoms with van der Waals surface area (Å²) in [5.74, 6) is 0. The van der Waals surface area contributed by atoms with Crippen molar-refractivity contribution in [2.75, 3.05) is 18.9 Å². The van der Waals surface area contributed by atoms with Crippen LogP contribution in [0.4, 0.5) is 0 Å². The van der Waals surface area contributed by atoms with Gasteiger partial charge in [-0.1, -0.05) is 15.2 Å². The van der Waals surface area contributed by atoms with Crippen LogP contribution in [0, 0.1) is 0 Å². The maximum absolute atomic E-state index is 10.6. The normalized spacial score (nSPS) is 13.9. The van der Waals surface area contributed by atoms with E-state index in [2.05, 4.69) is 0 Å². The van der Waals surface area contributed by atoms with E-state index in [-0.39, 0.29) is 123 Å². The topological polar surface area (TPSA) is 190 Å². The van der Waals surface area contributed by atoms with Crippen LogP contribution in [0.25, 0.3) is 0 Å². The molecular weight excluding hydrogens is 379 g/mol. The molecule has 0 aliphatic carbocycles. The van der Waals surface area contributed by atoms with Crippen LogP contribution < -0.4 is 138 Å². The van der Waals surface area contributed by atoms with Crippen LogP contribution >= 0.6 is 22.8 Å². The first-order valence-corrected chi connectivity index (χ1v) is 8.90. The molecule has 0 aliphatic heterocycles. The van der Waals surface area contributed by atoms with E-state index in [1.54, 1.807) is 0 Å². The average Bonchev–Trinajstić information content (AvgIpc) is 1.70. The van der Waals surface area contributed by atoms with Crippen molar-refractivity contribution in [2.45, 2.75) is 0 Å². The first-order valence-electron chi connectivity index (χ1n) is 3.60. The summed E-state index contributed by atoms with van der Waals surface area (Å²) in [4.78, 5) is 56.6. The van der Waals surface area contributed by atoms with E-state index < -0.39 is 41.6 Å². The van der Waals surface area contributed by atoms with Gasteiger partial charge in [-0.2, -0.15) is 0 Å². The SMILES string of the molecule is O=P([O-])([O-])CN(CP(=O)([O-])[O-])CP(=O)(O)[OH2+].[Na+].[Na+].[Na+].[Na+]. The largest absolute Gasteiger partial charge is 1.00 e. The molecule has 0 spiro atoms. The van der Waals surface area contributed by atoms with Gasteiger partial charge in [-0.05, 0) is 0 Å². The molecule has 0 aromatic heterocycles.